The van der Waals surface area contributed by atoms with Gasteiger partial charge >= 0.3 is 5.97 Å². The van der Waals surface area contributed by atoms with Crippen LogP contribution in [0.4, 0.5) is 0 Å². The minimum absolute atomic E-state index is 0.183. The van der Waals surface area contributed by atoms with Gasteiger partial charge < -0.3 is 4.74 Å². The lowest BCUT2D eigenvalue weighted by Gasteiger charge is -2.15. The molecule has 5 heteroatoms. The van der Waals surface area contributed by atoms with E-state index in [0.717, 1.165) is 18.5 Å². The zero-order valence-electron chi connectivity index (χ0n) is 9.16. The third kappa shape index (κ3) is 3.01. The molecular formula is C11H11I3O2. The van der Waals surface area contributed by atoms with Crippen LogP contribution in [-0.2, 0) is 4.79 Å². The van der Waals surface area contributed by atoms with Gasteiger partial charge in [-0.05, 0) is 87.2 Å². The maximum absolute atomic E-state index is 11.4. The van der Waals surface area contributed by atoms with Crippen LogP contribution in [0, 0.1) is 24.6 Å². The molecule has 0 saturated heterocycles. The standard InChI is InChI=1S/C11H11I3O2/c1-4-7(15)16-11-6(3)9(13)8(12)5(2)10(11)14/h4H2,1-3H3. The number of esters is 1. The van der Waals surface area contributed by atoms with Crippen LogP contribution in [0.25, 0.3) is 0 Å². The Hall–Kier alpha value is 0.880. The molecule has 0 aliphatic rings. The van der Waals surface area contributed by atoms with Crippen molar-refractivity contribution in [1.82, 2.24) is 0 Å². The van der Waals surface area contributed by atoms with Gasteiger partial charge in [0, 0.05) is 19.1 Å². The van der Waals surface area contributed by atoms with Gasteiger partial charge in [-0.1, -0.05) is 6.92 Å². The Bertz CT molecular complexity index is 412. The fourth-order valence-electron chi connectivity index (χ4n) is 1.17. The van der Waals surface area contributed by atoms with E-state index in [4.69, 9.17) is 4.74 Å². The lowest BCUT2D eigenvalue weighted by atomic mass is 10.1. The van der Waals surface area contributed by atoms with E-state index in [9.17, 15) is 4.79 Å². The first kappa shape index (κ1) is 14.9. The number of rotatable bonds is 2. The van der Waals surface area contributed by atoms with Gasteiger partial charge in [-0.25, -0.2) is 0 Å². The Kier molecular flexibility index (Phi) is 5.76. The molecule has 0 saturated carbocycles. The van der Waals surface area contributed by atoms with Crippen LogP contribution in [0.5, 0.6) is 5.75 Å². The van der Waals surface area contributed by atoms with Crippen molar-refractivity contribution in [2.24, 2.45) is 0 Å². The summed E-state index contributed by atoms with van der Waals surface area (Å²) in [5.41, 5.74) is 2.22. The molecule has 2 nitrogen and oxygen atoms in total. The Labute approximate surface area is 136 Å². The molecule has 0 heterocycles. The zero-order valence-corrected chi connectivity index (χ0v) is 15.6. The summed E-state index contributed by atoms with van der Waals surface area (Å²) in [6.07, 6.45) is 0.400. The third-order valence-electron chi connectivity index (χ3n) is 2.22. The van der Waals surface area contributed by atoms with Crippen molar-refractivity contribution in [3.63, 3.8) is 0 Å². The molecule has 0 fully saturated rings. The highest BCUT2D eigenvalue weighted by Crippen LogP contribution is 2.36. The molecule has 1 aromatic rings. The number of benzene rings is 1. The number of ether oxygens (including phenoxy) is 1. The molecule has 0 spiro atoms. The number of hydrogen-bond acceptors (Lipinski definition) is 2. The average molecular weight is 556 g/mol. The quantitative estimate of drug-likeness (QED) is 0.234. The molecule has 16 heavy (non-hydrogen) atoms. The molecule has 0 aromatic heterocycles. The lowest BCUT2D eigenvalue weighted by molar-refractivity contribution is -0.134. The maximum atomic E-state index is 11.4. The zero-order chi connectivity index (χ0) is 12.5. The van der Waals surface area contributed by atoms with E-state index in [1.165, 1.54) is 9.13 Å². The van der Waals surface area contributed by atoms with E-state index >= 15 is 0 Å². The molecule has 88 valence electrons. The SMILES string of the molecule is CCC(=O)Oc1c(C)c(I)c(I)c(C)c1I. The molecule has 0 radical (unpaired) electrons. The molecule has 0 unspecified atom stereocenters. The van der Waals surface area contributed by atoms with Gasteiger partial charge in [0.1, 0.15) is 5.75 Å². The second kappa shape index (κ2) is 6.17. The molecule has 0 N–H and O–H groups in total. The van der Waals surface area contributed by atoms with E-state index in [0.29, 0.717) is 6.42 Å². The first-order chi connectivity index (χ1) is 7.40. The number of carbonyl (C=O) groups excluding carboxylic acids is 1. The van der Waals surface area contributed by atoms with Crippen LogP contribution in [0.1, 0.15) is 24.5 Å². The van der Waals surface area contributed by atoms with Crippen LogP contribution in [0.2, 0.25) is 0 Å². The smallest absolute Gasteiger partial charge is 0.310 e. The summed E-state index contributed by atoms with van der Waals surface area (Å²) in [4.78, 5) is 11.4. The Morgan fingerprint density at radius 3 is 2.06 bits per heavy atom. The number of carbonyl (C=O) groups is 1. The lowest BCUT2D eigenvalue weighted by Crippen LogP contribution is -2.10. The van der Waals surface area contributed by atoms with Crippen molar-refractivity contribution >= 4 is 73.7 Å². The summed E-state index contributed by atoms with van der Waals surface area (Å²) in [7, 11) is 0. The first-order valence-corrected chi connectivity index (χ1v) is 7.98. The van der Waals surface area contributed by atoms with Crippen LogP contribution in [0.15, 0.2) is 0 Å². The summed E-state index contributed by atoms with van der Waals surface area (Å²) in [5.74, 6) is 0.534. The molecule has 0 bridgehead atoms. The van der Waals surface area contributed by atoms with Gasteiger partial charge in [0.05, 0.1) is 3.57 Å². The fraction of sp³-hybridized carbons (Fsp3) is 0.364. The molecule has 1 rings (SSSR count). The fourth-order valence-corrected chi connectivity index (χ4v) is 3.79. The highest BCUT2D eigenvalue weighted by molar-refractivity contribution is 14.1. The summed E-state index contributed by atoms with van der Waals surface area (Å²) < 4.78 is 8.81. The molecular weight excluding hydrogens is 545 g/mol. The Morgan fingerprint density at radius 1 is 1.06 bits per heavy atom. The summed E-state index contributed by atoms with van der Waals surface area (Å²) in [6.45, 7) is 5.84. The van der Waals surface area contributed by atoms with Crippen LogP contribution < -0.4 is 4.74 Å². The highest BCUT2D eigenvalue weighted by atomic mass is 127. The average Bonchev–Trinajstić information content (AvgIpc) is 2.29. The van der Waals surface area contributed by atoms with Crippen molar-refractivity contribution in [3.05, 3.63) is 21.8 Å². The van der Waals surface area contributed by atoms with Gasteiger partial charge in [0.25, 0.3) is 0 Å². The summed E-state index contributed by atoms with van der Waals surface area (Å²) >= 11 is 6.86. The van der Waals surface area contributed by atoms with E-state index in [1.54, 1.807) is 6.92 Å². The van der Waals surface area contributed by atoms with Crippen molar-refractivity contribution < 1.29 is 9.53 Å². The largest absolute Gasteiger partial charge is 0.425 e. The van der Waals surface area contributed by atoms with Gasteiger partial charge in [-0.3, -0.25) is 4.79 Å². The van der Waals surface area contributed by atoms with Gasteiger partial charge in [0.2, 0.25) is 0 Å². The second-order valence-electron chi connectivity index (χ2n) is 3.35. The summed E-state index contributed by atoms with van der Waals surface area (Å²) in [6, 6.07) is 0. The molecule has 0 aliphatic heterocycles. The maximum Gasteiger partial charge on any atom is 0.310 e. The van der Waals surface area contributed by atoms with Gasteiger partial charge in [-0.2, -0.15) is 0 Å². The second-order valence-corrected chi connectivity index (χ2v) is 6.58. The van der Waals surface area contributed by atoms with Gasteiger partial charge in [-0.15, -0.1) is 0 Å². The van der Waals surface area contributed by atoms with Crippen LogP contribution >= 0.6 is 67.8 Å². The van der Waals surface area contributed by atoms with Crippen LogP contribution in [0.3, 0.4) is 0 Å². The van der Waals surface area contributed by atoms with E-state index < -0.39 is 0 Å². The molecule has 0 aliphatic carbocycles. The third-order valence-corrected chi connectivity index (χ3v) is 7.25. The predicted octanol–water partition coefficient (Wildman–Crippen LogP) is 4.43. The van der Waals surface area contributed by atoms with Crippen molar-refractivity contribution in [1.29, 1.82) is 0 Å². The van der Waals surface area contributed by atoms with Crippen molar-refractivity contribution in [3.8, 4) is 5.75 Å². The minimum atomic E-state index is -0.183. The monoisotopic (exact) mass is 556 g/mol. The highest BCUT2D eigenvalue weighted by Gasteiger charge is 2.18. The predicted molar refractivity (Wildman–Crippen MR) is 90.0 cm³/mol. The van der Waals surface area contributed by atoms with E-state index in [-0.39, 0.29) is 5.97 Å². The normalized spacial score (nSPS) is 10.4. The molecule has 0 amide bonds. The number of halogens is 3. The minimum Gasteiger partial charge on any atom is -0.425 e. The molecule has 1 aromatic carbocycles. The van der Waals surface area contributed by atoms with E-state index in [2.05, 4.69) is 74.7 Å². The van der Waals surface area contributed by atoms with E-state index in [1.807, 2.05) is 6.92 Å². The first-order valence-electron chi connectivity index (χ1n) is 4.74. The topological polar surface area (TPSA) is 26.3 Å². The Balaban J connectivity index is 3.34. The van der Waals surface area contributed by atoms with Crippen molar-refractivity contribution in [2.75, 3.05) is 0 Å². The number of hydrogen-bond donors (Lipinski definition) is 0. The Morgan fingerprint density at radius 2 is 1.56 bits per heavy atom. The summed E-state index contributed by atoms with van der Waals surface area (Å²) in [5, 5.41) is 0. The van der Waals surface area contributed by atoms with Gasteiger partial charge in [0.15, 0.2) is 0 Å². The van der Waals surface area contributed by atoms with Crippen LogP contribution in [-0.4, -0.2) is 5.97 Å². The van der Waals surface area contributed by atoms with Crippen molar-refractivity contribution in [2.45, 2.75) is 27.2 Å². The molecule has 0 atom stereocenters.